The molecule has 1 aromatic carbocycles. The number of carbonyl (C=O) groups is 1. The third-order valence-electron chi connectivity index (χ3n) is 3.12. The Labute approximate surface area is 119 Å². The fraction of sp³-hybridized carbons (Fsp3) is 0.500. The second-order valence-electron chi connectivity index (χ2n) is 4.71. The summed E-state index contributed by atoms with van der Waals surface area (Å²) in [7, 11) is 0. The monoisotopic (exact) mass is 287 g/mol. The maximum atomic E-state index is 12.0. The molecular formula is C14H19Cl2NO. The lowest BCUT2D eigenvalue weighted by molar-refractivity contribution is -0.122. The highest BCUT2D eigenvalue weighted by Crippen LogP contribution is 2.16. The Kier molecular flexibility index (Phi) is 5.97. The van der Waals surface area contributed by atoms with Crippen LogP contribution < -0.4 is 5.32 Å². The van der Waals surface area contributed by atoms with Gasteiger partial charge in [-0.25, -0.2) is 0 Å². The van der Waals surface area contributed by atoms with Crippen LogP contribution in [0, 0.1) is 0 Å². The van der Waals surface area contributed by atoms with E-state index >= 15 is 0 Å². The number of hydrogen-bond donors (Lipinski definition) is 1. The highest BCUT2D eigenvalue weighted by molar-refractivity contribution is 6.30. The molecule has 0 aromatic heterocycles. The van der Waals surface area contributed by atoms with E-state index in [9.17, 15) is 4.79 Å². The topological polar surface area (TPSA) is 29.1 Å². The summed E-state index contributed by atoms with van der Waals surface area (Å²) < 4.78 is 0. The van der Waals surface area contributed by atoms with Gasteiger partial charge < -0.3 is 5.32 Å². The summed E-state index contributed by atoms with van der Waals surface area (Å²) in [6, 6.07) is 7.36. The van der Waals surface area contributed by atoms with Gasteiger partial charge in [-0.1, -0.05) is 30.7 Å². The molecule has 0 spiro atoms. The number of carbonyl (C=O) groups excluding carboxylic acids is 1. The van der Waals surface area contributed by atoms with Crippen LogP contribution in [0.2, 0.25) is 5.02 Å². The van der Waals surface area contributed by atoms with Gasteiger partial charge in [0.25, 0.3) is 0 Å². The highest BCUT2D eigenvalue weighted by atomic mass is 35.5. The van der Waals surface area contributed by atoms with E-state index in [1.165, 1.54) is 0 Å². The van der Waals surface area contributed by atoms with Gasteiger partial charge in [0.15, 0.2) is 0 Å². The van der Waals surface area contributed by atoms with Crippen molar-refractivity contribution in [3.63, 3.8) is 0 Å². The zero-order valence-corrected chi connectivity index (χ0v) is 12.3. The first-order chi connectivity index (χ1) is 8.49. The Bertz CT molecular complexity index is 409. The van der Waals surface area contributed by atoms with Crippen molar-refractivity contribution in [3.8, 4) is 0 Å². The fourth-order valence-corrected chi connectivity index (χ4v) is 2.38. The lowest BCUT2D eigenvalue weighted by atomic mass is 9.95. The van der Waals surface area contributed by atoms with Crippen LogP contribution in [0.4, 0.5) is 0 Å². The molecule has 0 aliphatic heterocycles. The van der Waals surface area contributed by atoms with Crippen LogP contribution >= 0.6 is 23.2 Å². The summed E-state index contributed by atoms with van der Waals surface area (Å²) in [6.07, 6.45) is 1.98. The zero-order valence-electron chi connectivity index (χ0n) is 10.8. The fourth-order valence-electron chi connectivity index (χ4n) is 1.75. The molecule has 1 unspecified atom stereocenters. The third-order valence-corrected chi connectivity index (χ3v) is 3.55. The predicted octanol–water partition coefficient (Wildman–Crippen LogP) is 3.80. The van der Waals surface area contributed by atoms with Gasteiger partial charge in [-0.3, -0.25) is 4.79 Å². The third kappa shape index (κ3) is 4.87. The van der Waals surface area contributed by atoms with E-state index < -0.39 is 0 Å². The molecule has 1 aromatic rings. The second kappa shape index (κ2) is 7.01. The Morgan fingerprint density at radius 3 is 2.72 bits per heavy atom. The van der Waals surface area contributed by atoms with Crippen LogP contribution in [0.3, 0.4) is 0 Å². The number of nitrogens with one attached hydrogen (secondary N) is 1. The van der Waals surface area contributed by atoms with E-state index in [1.807, 2.05) is 32.0 Å². The van der Waals surface area contributed by atoms with Crippen LogP contribution in [0.15, 0.2) is 24.3 Å². The molecule has 4 heteroatoms. The molecule has 100 valence electrons. The SMILES string of the molecule is CCC(C)(CCCl)NC(=O)Cc1cccc(Cl)c1. The second-order valence-corrected chi connectivity index (χ2v) is 5.52. The molecule has 0 aliphatic rings. The maximum absolute atomic E-state index is 12.0. The summed E-state index contributed by atoms with van der Waals surface area (Å²) in [5.41, 5.74) is 0.696. The molecule has 0 radical (unpaired) electrons. The average Bonchev–Trinajstić information content (AvgIpc) is 2.29. The van der Waals surface area contributed by atoms with E-state index in [0.717, 1.165) is 18.4 Å². The zero-order chi connectivity index (χ0) is 13.6. The Balaban J connectivity index is 2.61. The number of rotatable bonds is 6. The van der Waals surface area contributed by atoms with E-state index in [1.54, 1.807) is 6.07 Å². The van der Waals surface area contributed by atoms with Crippen molar-refractivity contribution in [2.24, 2.45) is 0 Å². The molecule has 0 saturated heterocycles. The van der Waals surface area contributed by atoms with E-state index in [-0.39, 0.29) is 11.4 Å². The Morgan fingerprint density at radius 1 is 1.44 bits per heavy atom. The summed E-state index contributed by atoms with van der Waals surface area (Å²) in [5, 5.41) is 3.70. The van der Waals surface area contributed by atoms with E-state index in [0.29, 0.717) is 17.3 Å². The first kappa shape index (κ1) is 15.3. The lowest BCUT2D eigenvalue weighted by Gasteiger charge is -2.29. The van der Waals surface area contributed by atoms with Crippen LogP contribution in [0.1, 0.15) is 32.3 Å². The van der Waals surface area contributed by atoms with Crippen molar-refractivity contribution in [1.82, 2.24) is 5.32 Å². The van der Waals surface area contributed by atoms with Gasteiger partial charge >= 0.3 is 0 Å². The van der Waals surface area contributed by atoms with Crippen LogP contribution in [0.5, 0.6) is 0 Å². The van der Waals surface area contributed by atoms with Crippen LogP contribution in [-0.4, -0.2) is 17.3 Å². The average molecular weight is 288 g/mol. The molecule has 18 heavy (non-hydrogen) atoms. The Hall–Kier alpha value is -0.730. The lowest BCUT2D eigenvalue weighted by Crippen LogP contribution is -2.46. The van der Waals surface area contributed by atoms with Gasteiger partial charge in [0.05, 0.1) is 6.42 Å². The smallest absolute Gasteiger partial charge is 0.224 e. The first-order valence-electron chi connectivity index (χ1n) is 6.10. The molecule has 0 bridgehead atoms. The molecule has 0 heterocycles. The van der Waals surface area contributed by atoms with Gasteiger partial charge in [-0.2, -0.15) is 0 Å². The minimum atomic E-state index is -0.225. The Morgan fingerprint density at radius 2 is 2.17 bits per heavy atom. The summed E-state index contributed by atoms with van der Waals surface area (Å²) in [5.74, 6) is 0.550. The highest BCUT2D eigenvalue weighted by Gasteiger charge is 2.23. The van der Waals surface area contributed by atoms with Crippen molar-refractivity contribution in [3.05, 3.63) is 34.9 Å². The standard InChI is InChI=1S/C14H19Cl2NO/c1-3-14(2,7-8-15)17-13(18)10-11-5-4-6-12(16)9-11/h4-6,9H,3,7-8,10H2,1-2H3,(H,17,18). The molecule has 1 N–H and O–H groups in total. The number of amides is 1. The van der Waals surface area contributed by atoms with Crippen molar-refractivity contribution < 1.29 is 4.79 Å². The maximum Gasteiger partial charge on any atom is 0.224 e. The molecular weight excluding hydrogens is 269 g/mol. The van der Waals surface area contributed by atoms with E-state index in [2.05, 4.69) is 5.32 Å². The minimum Gasteiger partial charge on any atom is -0.351 e. The van der Waals surface area contributed by atoms with E-state index in [4.69, 9.17) is 23.2 Å². The van der Waals surface area contributed by atoms with Gasteiger partial charge in [-0.05, 0) is 37.5 Å². The molecule has 1 atom stereocenters. The summed E-state index contributed by atoms with van der Waals surface area (Å²) in [4.78, 5) is 12.0. The first-order valence-corrected chi connectivity index (χ1v) is 7.02. The van der Waals surface area contributed by atoms with Gasteiger partial charge in [-0.15, -0.1) is 11.6 Å². The van der Waals surface area contributed by atoms with Crippen molar-refractivity contribution in [2.75, 3.05) is 5.88 Å². The normalized spacial score (nSPS) is 14.0. The minimum absolute atomic E-state index is 0.00623. The van der Waals surface area contributed by atoms with Gasteiger partial charge in [0.1, 0.15) is 0 Å². The summed E-state index contributed by atoms with van der Waals surface area (Å²) in [6.45, 7) is 4.07. The summed E-state index contributed by atoms with van der Waals surface area (Å²) >= 11 is 11.6. The molecule has 1 rings (SSSR count). The molecule has 0 saturated carbocycles. The molecule has 1 amide bonds. The number of hydrogen-bond acceptors (Lipinski definition) is 1. The van der Waals surface area contributed by atoms with Crippen molar-refractivity contribution in [1.29, 1.82) is 0 Å². The van der Waals surface area contributed by atoms with Gasteiger partial charge in [0, 0.05) is 16.4 Å². The number of alkyl halides is 1. The van der Waals surface area contributed by atoms with Crippen LogP contribution in [-0.2, 0) is 11.2 Å². The van der Waals surface area contributed by atoms with Gasteiger partial charge in [0.2, 0.25) is 5.91 Å². The number of benzene rings is 1. The quantitative estimate of drug-likeness (QED) is 0.793. The predicted molar refractivity (Wildman–Crippen MR) is 77.3 cm³/mol. The largest absolute Gasteiger partial charge is 0.351 e. The molecule has 0 aliphatic carbocycles. The van der Waals surface area contributed by atoms with Crippen molar-refractivity contribution >= 4 is 29.1 Å². The molecule has 2 nitrogen and oxygen atoms in total. The van der Waals surface area contributed by atoms with Crippen molar-refractivity contribution in [2.45, 2.75) is 38.6 Å². The number of halogens is 2. The molecule has 0 fully saturated rings. The van der Waals surface area contributed by atoms with Crippen LogP contribution in [0.25, 0.3) is 0 Å².